The van der Waals surface area contributed by atoms with Gasteiger partial charge in [0.1, 0.15) is 5.82 Å². The van der Waals surface area contributed by atoms with Crippen molar-refractivity contribution in [3.8, 4) is 0 Å². The summed E-state index contributed by atoms with van der Waals surface area (Å²) in [5.74, 6) is -2.95. The molecule has 0 bridgehead atoms. The van der Waals surface area contributed by atoms with Crippen LogP contribution in [-0.2, 0) is 4.79 Å². The number of hydrogen-bond donors (Lipinski definition) is 1. The molecule has 0 aliphatic carbocycles. The van der Waals surface area contributed by atoms with E-state index in [0.29, 0.717) is 6.92 Å². The molecule has 0 aliphatic rings. The topological polar surface area (TPSA) is 29.1 Å². The highest BCUT2D eigenvalue weighted by atomic mass is 19.4. The Morgan fingerprint density at radius 3 is 1.95 bits per heavy atom. The molecule has 1 aromatic rings. The lowest BCUT2D eigenvalue weighted by molar-refractivity contribution is -0.324. The van der Waals surface area contributed by atoms with Crippen LogP contribution in [-0.4, -0.2) is 18.3 Å². The fourth-order valence-corrected chi connectivity index (χ4v) is 1.94. The molecule has 0 heterocycles. The van der Waals surface area contributed by atoms with Crippen molar-refractivity contribution >= 4 is 11.6 Å². The van der Waals surface area contributed by atoms with E-state index in [1.807, 2.05) is 0 Å². The number of anilines is 1. The van der Waals surface area contributed by atoms with Crippen LogP contribution in [0.5, 0.6) is 0 Å². The second kappa shape index (κ2) is 5.77. The zero-order valence-corrected chi connectivity index (χ0v) is 11.5. The molecule has 0 aliphatic heterocycles. The molecule has 1 aromatic carbocycles. The molecular weight excluding hydrogens is 319 g/mol. The van der Waals surface area contributed by atoms with Crippen molar-refractivity contribution in [2.24, 2.45) is 5.41 Å². The van der Waals surface area contributed by atoms with Gasteiger partial charge in [0.2, 0.25) is 11.3 Å². The Balaban J connectivity index is 3.27. The summed E-state index contributed by atoms with van der Waals surface area (Å²) in [6, 6.07) is 2.66. The lowest BCUT2D eigenvalue weighted by Crippen LogP contribution is -2.57. The predicted molar refractivity (Wildman–Crippen MR) is 64.6 cm³/mol. The van der Waals surface area contributed by atoms with Gasteiger partial charge in [0.05, 0.1) is 0 Å². The minimum absolute atomic E-state index is 0.0288. The van der Waals surface area contributed by atoms with Gasteiger partial charge < -0.3 is 5.32 Å². The third-order valence-electron chi connectivity index (χ3n) is 3.30. The van der Waals surface area contributed by atoms with E-state index in [1.165, 1.54) is 6.92 Å². The van der Waals surface area contributed by atoms with Gasteiger partial charge in [-0.1, -0.05) is 6.92 Å². The van der Waals surface area contributed by atoms with Crippen LogP contribution in [0.2, 0.25) is 0 Å². The fraction of sp³-hybridized carbons (Fsp3) is 0.462. The van der Waals surface area contributed by atoms with Crippen molar-refractivity contribution in [2.75, 3.05) is 5.32 Å². The first kappa shape index (κ1) is 18.2. The Morgan fingerprint density at radius 1 is 1.09 bits per heavy atom. The van der Waals surface area contributed by atoms with Crippen molar-refractivity contribution in [3.63, 3.8) is 0 Å². The number of amides is 1. The quantitative estimate of drug-likeness (QED) is 0.806. The predicted octanol–water partition coefficient (Wildman–Crippen LogP) is 4.59. The van der Waals surface area contributed by atoms with Gasteiger partial charge >= 0.3 is 12.4 Å². The summed E-state index contributed by atoms with van der Waals surface area (Å²) in [6.45, 7) is 1.88. The largest absolute Gasteiger partial charge is 0.412 e. The summed E-state index contributed by atoms with van der Waals surface area (Å²) in [6.07, 6.45) is -13.1. The zero-order valence-electron chi connectivity index (χ0n) is 11.5. The maximum absolute atomic E-state index is 13.0. The van der Waals surface area contributed by atoms with E-state index in [9.17, 15) is 35.5 Å². The lowest BCUT2D eigenvalue weighted by Gasteiger charge is -2.34. The van der Waals surface area contributed by atoms with E-state index < -0.39 is 35.9 Å². The smallest absolute Gasteiger partial charge is 0.325 e. The first-order chi connectivity index (χ1) is 9.86. The molecule has 0 saturated heterocycles. The molecule has 0 aromatic heterocycles. The third-order valence-corrected chi connectivity index (χ3v) is 3.30. The van der Waals surface area contributed by atoms with Crippen molar-refractivity contribution in [1.29, 1.82) is 0 Å². The van der Waals surface area contributed by atoms with Gasteiger partial charge in [0.25, 0.3) is 0 Å². The van der Waals surface area contributed by atoms with Crippen LogP contribution < -0.4 is 5.32 Å². The average Bonchev–Trinajstić information content (AvgIpc) is 2.31. The number of nitrogens with one attached hydrogen (secondary N) is 1. The van der Waals surface area contributed by atoms with Crippen LogP contribution in [0.3, 0.4) is 0 Å². The van der Waals surface area contributed by atoms with Crippen LogP contribution in [0.1, 0.15) is 18.9 Å². The number of carbonyl (C=O) groups excluding carboxylic acids is 1. The third kappa shape index (κ3) is 3.02. The van der Waals surface area contributed by atoms with Gasteiger partial charge in [-0.2, -0.15) is 26.3 Å². The van der Waals surface area contributed by atoms with Crippen molar-refractivity contribution in [3.05, 3.63) is 29.6 Å². The van der Waals surface area contributed by atoms with E-state index in [1.54, 1.807) is 5.32 Å². The highest BCUT2D eigenvalue weighted by Gasteiger charge is 2.74. The van der Waals surface area contributed by atoms with E-state index >= 15 is 0 Å². The summed E-state index contributed by atoms with van der Waals surface area (Å²) in [5, 5.41) is 1.57. The van der Waals surface area contributed by atoms with E-state index in [0.717, 1.165) is 18.2 Å². The summed E-state index contributed by atoms with van der Waals surface area (Å²) >= 11 is 0. The molecule has 0 spiro atoms. The number of halogens is 7. The van der Waals surface area contributed by atoms with Crippen LogP contribution in [0, 0.1) is 18.2 Å². The van der Waals surface area contributed by atoms with Gasteiger partial charge in [-0.15, -0.1) is 0 Å². The van der Waals surface area contributed by atoms with Crippen LogP contribution >= 0.6 is 0 Å². The van der Waals surface area contributed by atoms with Gasteiger partial charge in [-0.25, -0.2) is 4.39 Å². The fourth-order valence-electron chi connectivity index (χ4n) is 1.94. The Kier molecular flexibility index (Phi) is 4.79. The standard InChI is InChI=1S/C13H12F7NO/c1-3-11(12(15,16)17,13(18,19)20)10(22)21-8-4-5-9(14)7(2)6-8/h4-6H,3H2,1-2H3,(H,21,22). The number of hydrogen-bond acceptors (Lipinski definition) is 1. The number of rotatable bonds is 3. The lowest BCUT2D eigenvalue weighted by atomic mass is 9.82. The normalized spacial score (nSPS) is 13.1. The molecule has 124 valence electrons. The molecule has 2 nitrogen and oxygen atoms in total. The number of aryl methyl sites for hydroxylation is 1. The van der Waals surface area contributed by atoms with Crippen molar-refractivity contribution < 1.29 is 35.5 Å². The van der Waals surface area contributed by atoms with Crippen LogP contribution in [0.25, 0.3) is 0 Å². The Bertz CT molecular complexity index is 548. The minimum atomic E-state index is -5.82. The van der Waals surface area contributed by atoms with Crippen molar-refractivity contribution in [1.82, 2.24) is 0 Å². The molecule has 0 radical (unpaired) electrons. The summed E-state index contributed by atoms with van der Waals surface area (Å²) in [7, 11) is 0. The molecule has 9 heteroatoms. The monoisotopic (exact) mass is 331 g/mol. The van der Waals surface area contributed by atoms with Gasteiger partial charge in [0.15, 0.2) is 0 Å². The molecule has 0 saturated carbocycles. The summed E-state index contributed by atoms with van der Waals surface area (Å²) in [4.78, 5) is 11.7. The van der Waals surface area contributed by atoms with E-state index in [4.69, 9.17) is 0 Å². The van der Waals surface area contributed by atoms with E-state index in [-0.39, 0.29) is 11.3 Å². The van der Waals surface area contributed by atoms with E-state index in [2.05, 4.69) is 0 Å². The first-order valence-electron chi connectivity index (χ1n) is 6.08. The molecular formula is C13H12F7NO. The molecule has 22 heavy (non-hydrogen) atoms. The van der Waals surface area contributed by atoms with Crippen molar-refractivity contribution in [2.45, 2.75) is 32.6 Å². The highest BCUT2D eigenvalue weighted by Crippen LogP contribution is 2.53. The second-order valence-electron chi connectivity index (χ2n) is 4.67. The highest BCUT2D eigenvalue weighted by molar-refractivity contribution is 5.96. The van der Waals surface area contributed by atoms with Gasteiger partial charge in [-0.3, -0.25) is 4.79 Å². The second-order valence-corrected chi connectivity index (χ2v) is 4.67. The summed E-state index contributed by atoms with van der Waals surface area (Å²) < 4.78 is 90.6. The number of benzene rings is 1. The van der Waals surface area contributed by atoms with Gasteiger partial charge in [-0.05, 0) is 37.1 Å². The molecule has 0 fully saturated rings. The number of carbonyl (C=O) groups is 1. The maximum Gasteiger partial charge on any atom is 0.412 e. The molecule has 0 unspecified atom stereocenters. The molecule has 1 N–H and O–H groups in total. The first-order valence-corrected chi connectivity index (χ1v) is 6.08. The zero-order chi connectivity index (χ0) is 17.3. The van der Waals surface area contributed by atoms with Crippen LogP contribution in [0.15, 0.2) is 18.2 Å². The molecule has 1 amide bonds. The van der Waals surface area contributed by atoms with Gasteiger partial charge in [0, 0.05) is 5.69 Å². The minimum Gasteiger partial charge on any atom is -0.325 e. The Hall–Kier alpha value is -1.80. The number of alkyl halides is 6. The molecule has 0 atom stereocenters. The van der Waals surface area contributed by atoms with Crippen LogP contribution in [0.4, 0.5) is 36.4 Å². The summed E-state index contributed by atoms with van der Waals surface area (Å²) in [5.41, 5.74) is -4.91. The maximum atomic E-state index is 13.0. The Labute approximate surface area is 121 Å². The SMILES string of the molecule is CCC(C(=O)Nc1ccc(F)c(C)c1)(C(F)(F)F)C(F)(F)F. The Morgan fingerprint density at radius 2 is 1.59 bits per heavy atom. The molecule has 1 rings (SSSR count). The average molecular weight is 331 g/mol.